The minimum Gasteiger partial charge on any atom is -0.456 e. The number of rotatable bonds is 3. The lowest BCUT2D eigenvalue weighted by Crippen LogP contribution is -1.98. The van der Waals surface area contributed by atoms with Gasteiger partial charge in [0.05, 0.1) is 22.1 Å². The second kappa shape index (κ2) is 9.35. The maximum Gasteiger partial charge on any atom is 0.136 e. The summed E-state index contributed by atoms with van der Waals surface area (Å²) < 4.78 is 11.2. The van der Waals surface area contributed by atoms with Crippen LogP contribution in [-0.4, -0.2) is 9.13 Å². The van der Waals surface area contributed by atoms with Gasteiger partial charge in [0.2, 0.25) is 0 Å². The lowest BCUT2D eigenvalue weighted by molar-refractivity contribution is 0.669. The van der Waals surface area contributed by atoms with Crippen molar-refractivity contribution in [1.82, 2.24) is 9.13 Å². The Morgan fingerprint density at radius 3 is 1.96 bits per heavy atom. The van der Waals surface area contributed by atoms with Crippen LogP contribution in [0, 0.1) is 0 Å². The first-order valence-corrected chi connectivity index (χ1v) is 15.7. The molecule has 3 heterocycles. The highest BCUT2D eigenvalue weighted by molar-refractivity contribution is 6.19. The van der Waals surface area contributed by atoms with Crippen LogP contribution in [0.1, 0.15) is 12.8 Å². The molecule has 0 N–H and O–H groups in total. The van der Waals surface area contributed by atoms with E-state index in [-0.39, 0.29) is 0 Å². The van der Waals surface area contributed by atoms with Crippen LogP contribution in [0.4, 0.5) is 0 Å². The van der Waals surface area contributed by atoms with E-state index in [4.69, 9.17) is 4.42 Å². The average molecular weight is 577 g/mol. The van der Waals surface area contributed by atoms with Crippen molar-refractivity contribution < 1.29 is 4.42 Å². The summed E-state index contributed by atoms with van der Waals surface area (Å²) in [4.78, 5) is 0. The van der Waals surface area contributed by atoms with Gasteiger partial charge in [-0.15, -0.1) is 0 Å². The van der Waals surface area contributed by atoms with E-state index < -0.39 is 0 Å². The van der Waals surface area contributed by atoms with Crippen LogP contribution in [0.5, 0.6) is 0 Å². The van der Waals surface area contributed by atoms with Gasteiger partial charge in [0, 0.05) is 43.7 Å². The Hall–Kier alpha value is -5.80. The summed E-state index contributed by atoms with van der Waals surface area (Å²) in [6, 6.07) is 46.1. The fourth-order valence-electron chi connectivity index (χ4n) is 7.62. The summed E-state index contributed by atoms with van der Waals surface area (Å²) in [5.74, 6) is 0. The maximum atomic E-state index is 6.24. The number of furan rings is 1. The highest BCUT2D eigenvalue weighted by atomic mass is 16.3. The predicted molar refractivity (Wildman–Crippen MR) is 189 cm³/mol. The third kappa shape index (κ3) is 3.52. The molecule has 0 saturated heterocycles. The van der Waals surface area contributed by atoms with E-state index in [1.165, 1.54) is 60.4 Å². The van der Waals surface area contributed by atoms with E-state index >= 15 is 0 Å². The number of allylic oxidation sites excluding steroid dienone is 4. The second-order valence-electron chi connectivity index (χ2n) is 12.0. The quantitative estimate of drug-likeness (QED) is 0.205. The molecule has 1 aliphatic carbocycles. The SMILES string of the molecule is C1=CCCC(n2c3ccccc3c3cc4c(cc32)c2ccccc2n4-c2cccc(-c3cccc4oc5ccccc5c34)c2)=C1. The molecule has 10 rings (SSSR count). The molecule has 0 amide bonds. The van der Waals surface area contributed by atoms with Crippen LogP contribution >= 0.6 is 0 Å². The van der Waals surface area contributed by atoms with Crippen molar-refractivity contribution >= 4 is 71.2 Å². The number of para-hydroxylation sites is 3. The van der Waals surface area contributed by atoms with E-state index in [0.717, 1.165) is 40.5 Å². The summed E-state index contributed by atoms with van der Waals surface area (Å²) in [7, 11) is 0. The smallest absolute Gasteiger partial charge is 0.136 e. The van der Waals surface area contributed by atoms with Crippen molar-refractivity contribution in [1.29, 1.82) is 0 Å². The average Bonchev–Trinajstić information content (AvgIpc) is 3.75. The fraction of sp³-hybridized carbons (Fsp3) is 0.0476. The second-order valence-corrected chi connectivity index (χ2v) is 12.0. The number of hydrogen-bond acceptors (Lipinski definition) is 1. The molecule has 3 aromatic heterocycles. The monoisotopic (exact) mass is 576 g/mol. The van der Waals surface area contributed by atoms with Crippen LogP contribution < -0.4 is 0 Å². The van der Waals surface area contributed by atoms with Gasteiger partial charge in [-0.1, -0.05) is 91.0 Å². The van der Waals surface area contributed by atoms with E-state index in [0.29, 0.717) is 0 Å². The Bertz CT molecular complexity index is 2710. The van der Waals surface area contributed by atoms with Crippen molar-refractivity contribution in [3.8, 4) is 16.8 Å². The van der Waals surface area contributed by atoms with Crippen LogP contribution in [0.2, 0.25) is 0 Å². The number of nitrogens with zero attached hydrogens (tertiary/aromatic N) is 2. The van der Waals surface area contributed by atoms with Crippen LogP contribution in [0.3, 0.4) is 0 Å². The highest BCUT2D eigenvalue weighted by Gasteiger charge is 2.20. The minimum absolute atomic E-state index is 0.915. The lowest BCUT2D eigenvalue weighted by Gasteiger charge is -2.14. The number of hydrogen-bond donors (Lipinski definition) is 0. The Morgan fingerprint density at radius 1 is 0.511 bits per heavy atom. The standard InChI is InChI=1S/C42H28N2O/c1-2-13-28(14-3-1)43-36-20-7-4-16-31(36)34-26-39-35(25-38(34)43)32-17-5-8-21-37(32)44(39)29-15-10-12-27(24-29)30-19-11-23-41-42(30)33-18-6-9-22-40(33)45-41/h1-2,4-13,15-26H,3,14H2. The van der Waals surface area contributed by atoms with E-state index in [2.05, 4.69) is 143 Å². The molecule has 3 nitrogen and oxygen atoms in total. The van der Waals surface area contributed by atoms with Gasteiger partial charge in [0.25, 0.3) is 0 Å². The van der Waals surface area contributed by atoms with Crippen molar-refractivity contribution in [2.24, 2.45) is 0 Å². The summed E-state index contributed by atoms with van der Waals surface area (Å²) >= 11 is 0. The third-order valence-electron chi connectivity index (χ3n) is 9.56. The molecule has 0 spiro atoms. The van der Waals surface area contributed by atoms with Gasteiger partial charge in [-0.05, 0) is 78.6 Å². The molecular weight excluding hydrogens is 548 g/mol. The fourth-order valence-corrected chi connectivity index (χ4v) is 7.62. The van der Waals surface area contributed by atoms with E-state index in [1.807, 2.05) is 12.1 Å². The Morgan fingerprint density at radius 2 is 1.18 bits per heavy atom. The Labute approximate surface area is 259 Å². The molecule has 0 fully saturated rings. The van der Waals surface area contributed by atoms with Gasteiger partial charge in [-0.2, -0.15) is 0 Å². The number of benzene rings is 6. The molecule has 0 saturated carbocycles. The van der Waals surface area contributed by atoms with E-state index in [1.54, 1.807) is 0 Å². The largest absolute Gasteiger partial charge is 0.456 e. The molecule has 0 atom stereocenters. The summed E-state index contributed by atoms with van der Waals surface area (Å²) in [6.07, 6.45) is 8.84. The topological polar surface area (TPSA) is 23.0 Å². The molecule has 0 unspecified atom stereocenters. The van der Waals surface area contributed by atoms with E-state index in [9.17, 15) is 0 Å². The van der Waals surface area contributed by atoms with Crippen molar-refractivity contribution in [3.05, 3.63) is 146 Å². The molecule has 1 aliphatic rings. The van der Waals surface area contributed by atoms with Gasteiger partial charge in [0.15, 0.2) is 0 Å². The van der Waals surface area contributed by atoms with Crippen molar-refractivity contribution in [2.45, 2.75) is 12.8 Å². The van der Waals surface area contributed by atoms with Crippen LogP contribution in [-0.2, 0) is 0 Å². The first kappa shape index (κ1) is 24.6. The van der Waals surface area contributed by atoms with Gasteiger partial charge in [-0.3, -0.25) is 0 Å². The number of aromatic nitrogens is 2. The van der Waals surface area contributed by atoms with Gasteiger partial charge in [0.1, 0.15) is 11.2 Å². The zero-order valence-corrected chi connectivity index (χ0v) is 24.6. The summed E-state index contributed by atoms with van der Waals surface area (Å²) in [5.41, 5.74) is 11.6. The molecule has 3 heteroatoms. The van der Waals surface area contributed by atoms with Gasteiger partial charge >= 0.3 is 0 Å². The zero-order valence-electron chi connectivity index (χ0n) is 24.6. The number of fused-ring (bicyclic) bond motifs is 9. The third-order valence-corrected chi connectivity index (χ3v) is 9.56. The molecule has 0 aliphatic heterocycles. The predicted octanol–water partition coefficient (Wildman–Crippen LogP) is 11.6. The van der Waals surface area contributed by atoms with Crippen LogP contribution in [0.15, 0.2) is 150 Å². The summed E-state index contributed by atoms with van der Waals surface area (Å²) in [6.45, 7) is 0. The maximum absolute atomic E-state index is 6.24. The zero-order chi connectivity index (χ0) is 29.5. The summed E-state index contributed by atoms with van der Waals surface area (Å²) in [5, 5.41) is 7.40. The van der Waals surface area contributed by atoms with Gasteiger partial charge in [-0.25, -0.2) is 0 Å². The Kier molecular flexibility index (Phi) is 5.11. The molecule has 0 bridgehead atoms. The molecule has 212 valence electrons. The molecule has 0 radical (unpaired) electrons. The Balaban J connectivity index is 1.26. The first-order valence-electron chi connectivity index (χ1n) is 15.7. The lowest BCUT2D eigenvalue weighted by atomic mass is 9.99. The van der Waals surface area contributed by atoms with Gasteiger partial charge < -0.3 is 13.6 Å². The molecule has 45 heavy (non-hydrogen) atoms. The molecule has 9 aromatic rings. The minimum atomic E-state index is 0.915. The normalized spacial score (nSPS) is 13.6. The molecule has 6 aromatic carbocycles. The van der Waals surface area contributed by atoms with Crippen LogP contribution in [0.25, 0.3) is 88.1 Å². The first-order chi connectivity index (χ1) is 22.3. The highest BCUT2D eigenvalue weighted by Crippen LogP contribution is 2.42. The molecular formula is C42H28N2O. The van der Waals surface area contributed by atoms with Crippen molar-refractivity contribution in [3.63, 3.8) is 0 Å². The van der Waals surface area contributed by atoms with Crippen molar-refractivity contribution in [2.75, 3.05) is 0 Å².